The number of nitrogens with zero attached hydrogens (tertiary/aromatic N) is 3. The van der Waals surface area contributed by atoms with Gasteiger partial charge in [-0.1, -0.05) is 30.9 Å². The first-order chi connectivity index (χ1) is 17.7. The largest absolute Gasteiger partial charge is 0.379 e. The first-order valence-corrected chi connectivity index (χ1v) is 11.4. The molecule has 2 fully saturated rings. The number of aromatic nitrogens is 2. The van der Waals surface area contributed by atoms with Crippen LogP contribution in [0.2, 0.25) is 0 Å². The molecule has 1 aliphatic heterocycles. The second-order valence-electron chi connectivity index (χ2n) is 9.07. The molecule has 3 aromatic rings. The lowest BCUT2D eigenvalue weighted by Crippen LogP contribution is -2.50. The van der Waals surface area contributed by atoms with Crippen molar-refractivity contribution in [1.29, 1.82) is 0 Å². The molecule has 7 heteroatoms. The fourth-order valence-corrected chi connectivity index (χ4v) is 4.20. The zero-order valence-electron chi connectivity index (χ0n) is 22.3. The summed E-state index contributed by atoms with van der Waals surface area (Å²) >= 11 is 0. The summed E-state index contributed by atoms with van der Waals surface area (Å²) in [6.07, 6.45) is 4.27. The molecule has 34 heavy (non-hydrogen) atoms. The van der Waals surface area contributed by atoms with E-state index in [1.54, 1.807) is 19.4 Å². The quantitative estimate of drug-likeness (QED) is 0.551. The van der Waals surface area contributed by atoms with Crippen molar-refractivity contribution < 1.29 is 13.6 Å². The number of amides is 1. The molecule has 2 aromatic heterocycles. The van der Waals surface area contributed by atoms with E-state index in [4.69, 9.17) is 8.85 Å². The van der Waals surface area contributed by atoms with Crippen LogP contribution in [0.5, 0.6) is 0 Å². The van der Waals surface area contributed by atoms with Gasteiger partial charge < -0.3 is 15.4 Å². The highest BCUT2D eigenvalue weighted by Gasteiger charge is 2.39. The van der Waals surface area contributed by atoms with Crippen molar-refractivity contribution in [2.75, 3.05) is 37.8 Å². The number of likely N-dealkylation sites (tertiary alicyclic amines) is 1. The molecule has 0 bridgehead atoms. The van der Waals surface area contributed by atoms with Crippen LogP contribution in [-0.2, 0) is 16.1 Å². The summed E-state index contributed by atoms with van der Waals surface area (Å²) in [4.78, 5) is 23.4. The van der Waals surface area contributed by atoms with E-state index in [-0.39, 0.29) is 17.6 Å². The van der Waals surface area contributed by atoms with Gasteiger partial charge >= 0.3 is 0 Å². The second-order valence-corrected chi connectivity index (χ2v) is 9.07. The van der Waals surface area contributed by atoms with Crippen LogP contribution in [-0.4, -0.2) is 54.1 Å². The van der Waals surface area contributed by atoms with E-state index in [1.165, 1.54) is 11.8 Å². The molecule has 2 N–H and O–H groups in total. The molecule has 7 nitrogen and oxygen atoms in total. The molecule has 2 atom stereocenters. The van der Waals surface area contributed by atoms with Gasteiger partial charge in [0.25, 0.3) is 0 Å². The highest BCUT2D eigenvalue weighted by molar-refractivity contribution is 5.99. The molecule has 0 radical (unpaired) electrons. The molecule has 5 rings (SSSR count). The molecule has 0 spiro atoms. The Labute approximate surface area is 204 Å². The summed E-state index contributed by atoms with van der Waals surface area (Å²) in [6.45, 7) is 2.40. The Hall–Kier alpha value is -3.47. The van der Waals surface area contributed by atoms with Crippen LogP contribution in [0, 0.1) is 23.7 Å². The normalized spacial score (nSPS) is 21.4. The Bertz CT molecular complexity index is 1380. The average molecular weight is 459 g/mol. The van der Waals surface area contributed by atoms with Crippen LogP contribution >= 0.6 is 0 Å². The summed E-state index contributed by atoms with van der Waals surface area (Å²) in [7, 11) is 1.74. The number of hydrogen-bond acceptors (Lipinski definition) is 6. The number of nitrogens with one attached hydrogen (secondary N) is 2. The SMILES string of the molecule is [2H]C([2H])([2H])Nc1ncc(C#Cc2ccc(CN3CC(OC)C3)cc2)c2cc(NC(=O)[C@H]3C[C@H]3C)ncc12. The molecule has 1 amide bonds. The smallest absolute Gasteiger partial charge is 0.228 e. The summed E-state index contributed by atoms with van der Waals surface area (Å²) in [5.41, 5.74) is 2.67. The Balaban J connectivity index is 1.39. The number of pyridine rings is 2. The maximum Gasteiger partial charge on any atom is 0.228 e. The van der Waals surface area contributed by atoms with Crippen LogP contribution in [0.1, 0.15) is 34.1 Å². The van der Waals surface area contributed by atoms with Gasteiger partial charge in [-0.2, -0.15) is 0 Å². The lowest BCUT2D eigenvalue weighted by Gasteiger charge is -2.38. The summed E-state index contributed by atoms with van der Waals surface area (Å²) in [5, 5.41) is 6.50. The van der Waals surface area contributed by atoms with Gasteiger partial charge in [-0.3, -0.25) is 9.69 Å². The summed E-state index contributed by atoms with van der Waals surface area (Å²) in [6, 6.07) is 9.83. The van der Waals surface area contributed by atoms with Crippen molar-refractivity contribution in [3.05, 3.63) is 59.4 Å². The summed E-state index contributed by atoms with van der Waals surface area (Å²) < 4.78 is 28.0. The van der Waals surface area contributed by atoms with Gasteiger partial charge in [0, 0.05) is 72.5 Å². The van der Waals surface area contributed by atoms with E-state index in [1.807, 2.05) is 19.1 Å². The number of rotatable bonds is 6. The Morgan fingerprint density at radius 2 is 2.00 bits per heavy atom. The lowest BCUT2D eigenvalue weighted by molar-refractivity contribution is -0.117. The van der Waals surface area contributed by atoms with Crippen LogP contribution in [0.25, 0.3) is 10.8 Å². The van der Waals surface area contributed by atoms with Crippen LogP contribution in [0.3, 0.4) is 0 Å². The minimum atomic E-state index is -2.41. The van der Waals surface area contributed by atoms with Crippen LogP contribution < -0.4 is 10.6 Å². The molecule has 1 saturated carbocycles. The third kappa shape index (κ3) is 4.74. The van der Waals surface area contributed by atoms with Gasteiger partial charge in [0.15, 0.2) is 0 Å². The monoisotopic (exact) mass is 458 g/mol. The number of methoxy groups -OCH3 is 1. The number of anilines is 2. The van der Waals surface area contributed by atoms with Gasteiger partial charge in [0.2, 0.25) is 5.91 Å². The second kappa shape index (κ2) is 9.41. The molecule has 1 aliphatic carbocycles. The van der Waals surface area contributed by atoms with Gasteiger partial charge in [-0.25, -0.2) is 9.97 Å². The minimum Gasteiger partial charge on any atom is -0.379 e. The first-order valence-electron chi connectivity index (χ1n) is 12.9. The highest BCUT2D eigenvalue weighted by atomic mass is 16.5. The van der Waals surface area contributed by atoms with Gasteiger partial charge in [-0.05, 0) is 36.1 Å². The molecule has 3 heterocycles. The molecular weight excluding hydrogens is 426 g/mol. The van der Waals surface area contributed by atoms with Crippen molar-refractivity contribution in [3.63, 3.8) is 0 Å². The Morgan fingerprint density at radius 1 is 1.21 bits per heavy atom. The highest BCUT2D eigenvalue weighted by Crippen LogP contribution is 2.38. The summed E-state index contributed by atoms with van der Waals surface area (Å²) in [5.74, 6) is 7.25. The molecule has 2 aliphatic rings. The number of carbonyl (C=O) groups is 1. The zero-order chi connectivity index (χ0) is 26.2. The van der Waals surface area contributed by atoms with Gasteiger partial charge in [0.1, 0.15) is 11.6 Å². The first kappa shape index (κ1) is 18.9. The van der Waals surface area contributed by atoms with Crippen molar-refractivity contribution in [2.24, 2.45) is 11.8 Å². The topological polar surface area (TPSA) is 79.4 Å². The molecule has 1 saturated heterocycles. The number of fused-ring (bicyclic) bond motifs is 1. The molecule has 174 valence electrons. The standard InChI is InChI=1S/C27H29N5O2/c1-17-10-22(17)27(33)31-25-11-23-20(12-30-26(28-2)24(23)13-29-25)9-8-18-4-6-19(7-5-18)14-32-15-21(16-32)34-3/h4-7,11-13,17,21-22H,10,14-16H2,1-3H3,(H,28,30)(H,29,31,33)/t17-,22+/m1/s1/i2D3. The predicted octanol–water partition coefficient (Wildman–Crippen LogP) is 3.50. The van der Waals surface area contributed by atoms with Crippen molar-refractivity contribution >= 4 is 28.3 Å². The lowest BCUT2D eigenvalue weighted by atomic mass is 10.1. The van der Waals surface area contributed by atoms with Crippen molar-refractivity contribution in [3.8, 4) is 11.8 Å². The van der Waals surface area contributed by atoms with Gasteiger partial charge in [-0.15, -0.1) is 0 Å². The Morgan fingerprint density at radius 3 is 2.71 bits per heavy atom. The van der Waals surface area contributed by atoms with E-state index >= 15 is 0 Å². The fraction of sp³-hybridized carbons (Fsp3) is 0.370. The van der Waals surface area contributed by atoms with E-state index < -0.39 is 6.98 Å². The van der Waals surface area contributed by atoms with Crippen molar-refractivity contribution in [1.82, 2.24) is 14.9 Å². The van der Waals surface area contributed by atoms with Crippen LogP contribution in [0.4, 0.5) is 11.6 Å². The van der Waals surface area contributed by atoms with Crippen molar-refractivity contribution in [2.45, 2.75) is 26.0 Å². The number of ether oxygens (including phenoxy) is 1. The fourth-order valence-electron chi connectivity index (χ4n) is 4.20. The number of hydrogen-bond donors (Lipinski definition) is 2. The molecular formula is C27H29N5O2. The van der Waals surface area contributed by atoms with E-state index in [0.717, 1.165) is 31.6 Å². The van der Waals surface area contributed by atoms with Gasteiger partial charge in [0.05, 0.1) is 11.7 Å². The minimum absolute atomic E-state index is 0.00690. The molecule has 1 aromatic carbocycles. The third-order valence-corrected chi connectivity index (χ3v) is 6.55. The molecule has 0 unspecified atom stereocenters. The average Bonchev–Trinajstić information content (AvgIpc) is 3.57. The predicted molar refractivity (Wildman–Crippen MR) is 133 cm³/mol. The van der Waals surface area contributed by atoms with E-state index in [0.29, 0.717) is 34.2 Å². The van der Waals surface area contributed by atoms with Crippen LogP contribution in [0.15, 0.2) is 42.7 Å². The van der Waals surface area contributed by atoms with E-state index in [2.05, 4.69) is 49.5 Å². The zero-order valence-corrected chi connectivity index (χ0v) is 19.3. The third-order valence-electron chi connectivity index (χ3n) is 6.55. The van der Waals surface area contributed by atoms with E-state index in [9.17, 15) is 4.79 Å². The number of carbonyl (C=O) groups excluding carboxylic acids is 1. The maximum absolute atomic E-state index is 12.4. The Kier molecular flexibility index (Phi) is 5.23. The number of benzene rings is 1. The maximum atomic E-state index is 12.4.